The first kappa shape index (κ1) is 19.8. The molecular formula is C23H18F2N6O. The van der Waals surface area contributed by atoms with Crippen molar-refractivity contribution in [3.8, 4) is 39.4 Å². The number of hydrogen-bond donors (Lipinski definition) is 1. The Labute approximate surface area is 181 Å². The Morgan fingerprint density at radius 1 is 0.969 bits per heavy atom. The van der Waals surface area contributed by atoms with Crippen molar-refractivity contribution >= 4 is 10.9 Å². The fraction of sp³-hybridized carbons (Fsp3) is 0.130. The molecule has 0 saturated heterocycles. The summed E-state index contributed by atoms with van der Waals surface area (Å²) in [6.07, 6.45) is 3.89. The van der Waals surface area contributed by atoms with E-state index >= 15 is 0 Å². The molecule has 160 valence electrons. The summed E-state index contributed by atoms with van der Waals surface area (Å²) in [5, 5.41) is 19.9. The fourth-order valence-electron chi connectivity index (χ4n) is 3.74. The molecule has 0 aliphatic carbocycles. The summed E-state index contributed by atoms with van der Waals surface area (Å²) in [7, 11) is 1.80. The van der Waals surface area contributed by atoms with Gasteiger partial charge in [0.1, 0.15) is 24.3 Å². The average molecular weight is 432 g/mol. The van der Waals surface area contributed by atoms with Gasteiger partial charge < -0.3 is 5.11 Å². The van der Waals surface area contributed by atoms with Gasteiger partial charge in [-0.3, -0.25) is 9.36 Å². The average Bonchev–Trinajstić information content (AvgIpc) is 3.39. The van der Waals surface area contributed by atoms with Crippen LogP contribution >= 0.6 is 0 Å². The smallest absolute Gasteiger partial charge is 0.257 e. The van der Waals surface area contributed by atoms with Crippen LogP contribution in [-0.2, 0) is 13.6 Å². The van der Waals surface area contributed by atoms with Crippen LogP contribution < -0.4 is 0 Å². The highest BCUT2D eigenvalue weighted by atomic mass is 19.3. The molecule has 0 fully saturated rings. The van der Waals surface area contributed by atoms with Gasteiger partial charge in [-0.15, -0.1) is 0 Å². The van der Waals surface area contributed by atoms with Crippen LogP contribution in [0.2, 0.25) is 0 Å². The number of aryl methyl sites for hydroxylation is 1. The number of alkyl halides is 2. The molecule has 1 N–H and O–H groups in total. The standard InChI is InChI=1S/C23H18F2N6O/c1-30-10-15(9-28-30)16-7-19-17(8-20(16)32)23(27-13-26-19)18-11-31(12-21(24)25)29-22(18)14-5-3-2-4-6-14/h2-11,13,21,32H,12H2,1H3. The van der Waals surface area contributed by atoms with Crippen molar-refractivity contribution in [3.63, 3.8) is 0 Å². The predicted octanol–water partition coefficient (Wildman–Crippen LogP) is 4.53. The van der Waals surface area contributed by atoms with Gasteiger partial charge in [0.15, 0.2) is 0 Å². The number of nitrogens with zero attached hydrogens (tertiary/aromatic N) is 6. The van der Waals surface area contributed by atoms with E-state index in [4.69, 9.17) is 0 Å². The molecule has 0 unspecified atom stereocenters. The van der Waals surface area contributed by atoms with Gasteiger partial charge in [0, 0.05) is 47.1 Å². The lowest BCUT2D eigenvalue weighted by atomic mass is 10.00. The largest absolute Gasteiger partial charge is 0.507 e. The van der Waals surface area contributed by atoms with Crippen LogP contribution in [0, 0.1) is 0 Å². The maximum atomic E-state index is 13.1. The zero-order chi connectivity index (χ0) is 22.2. The summed E-state index contributed by atoms with van der Waals surface area (Å²) in [6, 6.07) is 12.7. The van der Waals surface area contributed by atoms with E-state index < -0.39 is 13.0 Å². The van der Waals surface area contributed by atoms with Gasteiger partial charge in [-0.25, -0.2) is 18.7 Å². The Morgan fingerprint density at radius 3 is 2.50 bits per heavy atom. The minimum atomic E-state index is -2.54. The third-order valence-corrected chi connectivity index (χ3v) is 5.16. The first-order chi connectivity index (χ1) is 15.5. The van der Waals surface area contributed by atoms with E-state index in [0.717, 1.165) is 11.1 Å². The summed E-state index contributed by atoms with van der Waals surface area (Å²) >= 11 is 0. The first-order valence-electron chi connectivity index (χ1n) is 9.87. The Kier molecular flexibility index (Phi) is 4.85. The molecule has 32 heavy (non-hydrogen) atoms. The molecule has 0 saturated carbocycles. The van der Waals surface area contributed by atoms with Crippen LogP contribution in [0.4, 0.5) is 8.78 Å². The Hall–Kier alpha value is -4.14. The molecule has 0 atom stereocenters. The summed E-state index contributed by atoms with van der Waals surface area (Å²) < 4.78 is 29.0. The number of aromatic hydroxyl groups is 1. The van der Waals surface area contributed by atoms with Gasteiger partial charge in [0.2, 0.25) is 0 Å². The summed E-state index contributed by atoms with van der Waals surface area (Å²) in [4.78, 5) is 8.79. The van der Waals surface area contributed by atoms with Gasteiger partial charge in [-0.1, -0.05) is 30.3 Å². The number of rotatable bonds is 5. The highest BCUT2D eigenvalue weighted by Crippen LogP contribution is 2.38. The van der Waals surface area contributed by atoms with Gasteiger partial charge >= 0.3 is 0 Å². The van der Waals surface area contributed by atoms with E-state index in [-0.39, 0.29) is 5.75 Å². The third-order valence-electron chi connectivity index (χ3n) is 5.16. The van der Waals surface area contributed by atoms with Crippen molar-refractivity contribution in [2.45, 2.75) is 13.0 Å². The summed E-state index contributed by atoms with van der Waals surface area (Å²) in [5.41, 5.74) is 4.33. The highest BCUT2D eigenvalue weighted by Gasteiger charge is 2.20. The molecule has 0 radical (unpaired) electrons. The summed E-state index contributed by atoms with van der Waals surface area (Å²) in [6.45, 7) is -0.529. The number of halogens is 2. The van der Waals surface area contributed by atoms with Crippen molar-refractivity contribution in [1.29, 1.82) is 0 Å². The number of phenolic OH excluding ortho intramolecular Hbond substituents is 1. The van der Waals surface area contributed by atoms with Gasteiger partial charge in [0.25, 0.3) is 6.43 Å². The van der Waals surface area contributed by atoms with E-state index in [2.05, 4.69) is 20.2 Å². The van der Waals surface area contributed by atoms with Crippen LogP contribution in [0.25, 0.3) is 44.5 Å². The van der Waals surface area contributed by atoms with Crippen molar-refractivity contribution < 1.29 is 13.9 Å². The maximum Gasteiger partial charge on any atom is 0.257 e. The van der Waals surface area contributed by atoms with Crippen molar-refractivity contribution in [3.05, 3.63) is 67.4 Å². The molecule has 3 aromatic heterocycles. The number of aromatic nitrogens is 6. The Balaban J connectivity index is 1.71. The quantitative estimate of drug-likeness (QED) is 0.441. The molecule has 0 aliphatic rings. The van der Waals surface area contributed by atoms with Gasteiger partial charge in [-0.2, -0.15) is 10.2 Å². The lowest BCUT2D eigenvalue weighted by Crippen LogP contribution is -2.06. The molecule has 2 aromatic carbocycles. The van der Waals surface area contributed by atoms with Gasteiger partial charge in [-0.05, 0) is 12.1 Å². The highest BCUT2D eigenvalue weighted by molar-refractivity contribution is 5.99. The minimum Gasteiger partial charge on any atom is -0.507 e. The topological polar surface area (TPSA) is 81.7 Å². The fourth-order valence-corrected chi connectivity index (χ4v) is 3.74. The molecule has 0 bridgehead atoms. The zero-order valence-electron chi connectivity index (χ0n) is 17.0. The van der Waals surface area contributed by atoms with Crippen molar-refractivity contribution in [1.82, 2.24) is 29.5 Å². The number of benzene rings is 2. The molecule has 5 rings (SSSR count). The molecule has 9 heteroatoms. The van der Waals surface area contributed by atoms with Crippen molar-refractivity contribution in [2.24, 2.45) is 7.05 Å². The second-order valence-electron chi connectivity index (χ2n) is 7.38. The van der Waals surface area contributed by atoms with E-state index in [1.807, 2.05) is 30.3 Å². The predicted molar refractivity (Wildman–Crippen MR) is 116 cm³/mol. The molecule has 3 heterocycles. The molecule has 0 spiro atoms. The maximum absolute atomic E-state index is 13.1. The summed E-state index contributed by atoms with van der Waals surface area (Å²) in [5.74, 6) is 0.0442. The molecule has 0 amide bonds. The number of hydrogen-bond acceptors (Lipinski definition) is 5. The van der Waals surface area contributed by atoms with Crippen LogP contribution in [0.15, 0.2) is 67.4 Å². The number of fused-ring (bicyclic) bond motifs is 1. The minimum absolute atomic E-state index is 0.0442. The van der Waals surface area contributed by atoms with Crippen LogP contribution in [0.5, 0.6) is 5.75 Å². The second-order valence-corrected chi connectivity index (χ2v) is 7.38. The SMILES string of the molecule is Cn1cc(-c2cc3ncnc(-c4cn(CC(F)F)nc4-c4ccccc4)c3cc2O)cn1. The van der Waals surface area contributed by atoms with Crippen LogP contribution in [0.1, 0.15) is 0 Å². The first-order valence-corrected chi connectivity index (χ1v) is 9.87. The molecular weight excluding hydrogens is 414 g/mol. The monoisotopic (exact) mass is 432 g/mol. The van der Waals surface area contributed by atoms with Crippen LogP contribution in [-0.4, -0.2) is 41.1 Å². The van der Waals surface area contributed by atoms with Crippen molar-refractivity contribution in [2.75, 3.05) is 0 Å². The lowest BCUT2D eigenvalue weighted by molar-refractivity contribution is 0.122. The molecule has 5 aromatic rings. The van der Waals surface area contributed by atoms with E-state index in [1.165, 1.54) is 11.0 Å². The third kappa shape index (κ3) is 3.58. The second kappa shape index (κ2) is 7.84. The Morgan fingerprint density at radius 2 is 1.78 bits per heavy atom. The number of phenols is 1. The van der Waals surface area contributed by atoms with E-state index in [0.29, 0.717) is 33.4 Å². The van der Waals surface area contributed by atoms with Crippen LogP contribution in [0.3, 0.4) is 0 Å². The molecule has 0 aliphatic heterocycles. The zero-order valence-corrected chi connectivity index (χ0v) is 17.0. The Bertz CT molecular complexity index is 1410. The lowest BCUT2D eigenvalue weighted by Gasteiger charge is -2.09. The van der Waals surface area contributed by atoms with E-state index in [9.17, 15) is 13.9 Å². The van der Waals surface area contributed by atoms with E-state index in [1.54, 1.807) is 42.5 Å². The van der Waals surface area contributed by atoms with Gasteiger partial charge in [0.05, 0.1) is 17.4 Å². The normalized spacial score (nSPS) is 11.5. The molecule has 7 nitrogen and oxygen atoms in total.